The lowest BCUT2D eigenvalue weighted by molar-refractivity contribution is -0.385. The predicted octanol–water partition coefficient (Wildman–Crippen LogP) is 4.51. The van der Waals surface area contributed by atoms with Crippen LogP contribution in [0.2, 0.25) is 5.02 Å². The predicted molar refractivity (Wildman–Crippen MR) is 108 cm³/mol. The Kier molecular flexibility index (Phi) is 6.06. The Balaban J connectivity index is 1.76. The fourth-order valence-electron chi connectivity index (χ4n) is 2.37. The van der Waals surface area contributed by atoms with Gasteiger partial charge in [0.2, 0.25) is 5.75 Å². The normalized spacial score (nSPS) is 10.7. The van der Waals surface area contributed by atoms with Crippen LogP contribution in [0, 0.1) is 10.1 Å². The molecule has 0 radical (unpaired) electrons. The van der Waals surface area contributed by atoms with Crippen molar-refractivity contribution in [2.75, 3.05) is 0 Å². The van der Waals surface area contributed by atoms with Crippen molar-refractivity contribution >= 4 is 29.4 Å². The Morgan fingerprint density at radius 3 is 2.62 bits per heavy atom. The summed E-state index contributed by atoms with van der Waals surface area (Å²) in [5, 5.41) is 24.9. The maximum atomic E-state index is 12.0. The number of carbonyl (C=O) groups excluding carboxylic acids is 1. The largest absolute Gasteiger partial charge is 0.508 e. The number of nitrogens with one attached hydrogen (secondary N) is 1. The first-order valence-electron chi connectivity index (χ1n) is 8.27. The summed E-state index contributed by atoms with van der Waals surface area (Å²) in [5.41, 5.74) is 2.60. The molecule has 0 aromatic heterocycles. The smallest absolute Gasteiger partial charge is 0.312 e. The van der Waals surface area contributed by atoms with E-state index in [1.807, 2.05) is 0 Å². The SMILES string of the molecule is O=C(N/N=C\c1ccc(Oc2ccccc2Cl)c([N+](=O)[O-])c1)c1cccc(O)c1. The van der Waals surface area contributed by atoms with Crippen molar-refractivity contribution in [1.82, 2.24) is 5.43 Å². The van der Waals surface area contributed by atoms with Gasteiger partial charge in [0.05, 0.1) is 16.2 Å². The zero-order valence-electron chi connectivity index (χ0n) is 14.8. The standard InChI is InChI=1S/C20H14ClN3O5/c21-16-6-1-2-7-18(16)29-19-9-8-13(10-17(19)24(27)28)12-22-23-20(26)14-4-3-5-15(25)11-14/h1-12,25H,(H,23,26)/b22-12-. The Labute approximate surface area is 170 Å². The highest BCUT2D eigenvalue weighted by Gasteiger charge is 2.17. The van der Waals surface area contributed by atoms with Crippen LogP contribution in [0.1, 0.15) is 15.9 Å². The third kappa shape index (κ3) is 5.08. The zero-order valence-corrected chi connectivity index (χ0v) is 15.5. The van der Waals surface area contributed by atoms with E-state index in [9.17, 15) is 20.0 Å². The summed E-state index contributed by atoms with van der Waals surface area (Å²) in [4.78, 5) is 22.8. The van der Waals surface area contributed by atoms with Gasteiger partial charge in [0.15, 0.2) is 0 Å². The van der Waals surface area contributed by atoms with Crippen LogP contribution < -0.4 is 10.2 Å². The number of rotatable bonds is 6. The van der Waals surface area contributed by atoms with E-state index in [0.29, 0.717) is 10.6 Å². The van der Waals surface area contributed by atoms with Crippen molar-refractivity contribution in [2.24, 2.45) is 5.10 Å². The molecule has 146 valence electrons. The molecule has 3 aromatic rings. The van der Waals surface area contributed by atoms with E-state index in [1.165, 1.54) is 42.6 Å². The van der Waals surface area contributed by atoms with Gasteiger partial charge in [-0.15, -0.1) is 0 Å². The number of hydrogen-bond acceptors (Lipinski definition) is 6. The van der Waals surface area contributed by atoms with Gasteiger partial charge in [-0.1, -0.05) is 29.8 Å². The van der Waals surface area contributed by atoms with Crippen LogP contribution >= 0.6 is 11.6 Å². The highest BCUT2D eigenvalue weighted by atomic mass is 35.5. The summed E-state index contributed by atoms with van der Waals surface area (Å²) >= 11 is 6.02. The zero-order chi connectivity index (χ0) is 20.8. The Bertz CT molecular complexity index is 1100. The van der Waals surface area contributed by atoms with Crippen molar-refractivity contribution in [1.29, 1.82) is 0 Å². The molecule has 29 heavy (non-hydrogen) atoms. The summed E-state index contributed by atoms with van der Waals surface area (Å²) in [5.74, 6) is -0.280. The van der Waals surface area contributed by atoms with Crippen LogP contribution in [-0.2, 0) is 0 Å². The molecule has 0 aliphatic carbocycles. The third-order valence-electron chi connectivity index (χ3n) is 3.72. The lowest BCUT2D eigenvalue weighted by Crippen LogP contribution is -2.17. The molecule has 0 fully saturated rings. The number of benzene rings is 3. The summed E-state index contributed by atoms with van der Waals surface area (Å²) in [6, 6.07) is 16.6. The van der Waals surface area contributed by atoms with E-state index >= 15 is 0 Å². The van der Waals surface area contributed by atoms with Crippen LogP contribution in [-0.4, -0.2) is 22.2 Å². The van der Waals surface area contributed by atoms with E-state index in [2.05, 4.69) is 10.5 Å². The first kappa shape index (κ1) is 19.8. The number of aromatic hydroxyl groups is 1. The highest BCUT2D eigenvalue weighted by molar-refractivity contribution is 6.32. The second-order valence-electron chi connectivity index (χ2n) is 5.77. The molecule has 2 N–H and O–H groups in total. The molecular formula is C20H14ClN3O5. The number of para-hydroxylation sites is 1. The van der Waals surface area contributed by atoms with Crippen molar-refractivity contribution < 1.29 is 19.6 Å². The molecule has 0 aliphatic heterocycles. The molecule has 0 saturated heterocycles. The molecule has 9 heteroatoms. The number of halogens is 1. The Morgan fingerprint density at radius 2 is 1.90 bits per heavy atom. The van der Waals surface area contributed by atoms with Gasteiger partial charge in [-0.05, 0) is 42.5 Å². The van der Waals surface area contributed by atoms with Crippen molar-refractivity contribution in [3.8, 4) is 17.2 Å². The second kappa shape index (κ2) is 8.85. The monoisotopic (exact) mass is 411 g/mol. The molecule has 0 aliphatic rings. The summed E-state index contributed by atoms with van der Waals surface area (Å²) in [6.07, 6.45) is 1.26. The first-order valence-corrected chi connectivity index (χ1v) is 8.65. The lowest BCUT2D eigenvalue weighted by atomic mass is 10.2. The number of phenolic OH excluding ortho intramolecular Hbond substituents is 1. The fourth-order valence-corrected chi connectivity index (χ4v) is 2.54. The van der Waals surface area contributed by atoms with Crippen LogP contribution in [0.5, 0.6) is 17.2 Å². The molecule has 0 heterocycles. The number of hydrogen-bond donors (Lipinski definition) is 2. The van der Waals surface area contributed by atoms with Gasteiger partial charge in [-0.25, -0.2) is 5.43 Å². The average molecular weight is 412 g/mol. The summed E-state index contributed by atoms with van der Waals surface area (Å²) < 4.78 is 5.56. The van der Waals surface area contributed by atoms with Crippen LogP contribution in [0.25, 0.3) is 0 Å². The van der Waals surface area contributed by atoms with Gasteiger partial charge in [-0.2, -0.15) is 5.10 Å². The highest BCUT2D eigenvalue weighted by Crippen LogP contribution is 2.35. The average Bonchev–Trinajstić information content (AvgIpc) is 2.70. The number of phenols is 1. The van der Waals surface area contributed by atoms with Crippen molar-refractivity contribution in [3.63, 3.8) is 0 Å². The van der Waals surface area contributed by atoms with Crippen molar-refractivity contribution in [3.05, 3.63) is 93.0 Å². The number of nitrogens with zero attached hydrogens (tertiary/aromatic N) is 2. The number of nitro benzene ring substituents is 1. The molecule has 0 unspecified atom stereocenters. The molecule has 0 atom stereocenters. The minimum absolute atomic E-state index is 0.0176. The topological polar surface area (TPSA) is 114 Å². The van der Waals surface area contributed by atoms with E-state index < -0.39 is 10.8 Å². The quantitative estimate of drug-likeness (QED) is 0.352. The van der Waals surface area contributed by atoms with Gasteiger partial charge in [-0.3, -0.25) is 14.9 Å². The lowest BCUT2D eigenvalue weighted by Gasteiger charge is -2.08. The molecular weight excluding hydrogens is 398 g/mol. The van der Waals surface area contributed by atoms with Gasteiger partial charge in [0.25, 0.3) is 5.91 Å². The van der Waals surface area contributed by atoms with Crippen molar-refractivity contribution in [2.45, 2.75) is 0 Å². The number of amides is 1. The molecule has 0 saturated carbocycles. The number of hydrazone groups is 1. The molecule has 3 aromatic carbocycles. The Morgan fingerprint density at radius 1 is 1.10 bits per heavy atom. The van der Waals surface area contributed by atoms with E-state index in [4.69, 9.17) is 16.3 Å². The fraction of sp³-hybridized carbons (Fsp3) is 0. The molecule has 0 bridgehead atoms. The molecule has 8 nitrogen and oxygen atoms in total. The summed E-state index contributed by atoms with van der Waals surface area (Å²) in [7, 11) is 0. The summed E-state index contributed by atoms with van der Waals surface area (Å²) in [6.45, 7) is 0. The molecule has 1 amide bonds. The number of carbonyl (C=O) groups is 1. The van der Waals surface area contributed by atoms with Crippen LogP contribution in [0.4, 0.5) is 5.69 Å². The van der Waals surface area contributed by atoms with Crippen LogP contribution in [0.15, 0.2) is 71.8 Å². The maximum absolute atomic E-state index is 12.0. The van der Waals surface area contributed by atoms with Gasteiger partial charge < -0.3 is 9.84 Å². The maximum Gasteiger partial charge on any atom is 0.312 e. The van der Waals surface area contributed by atoms with E-state index in [0.717, 1.165) is 0 Å². The minimum Gasteiger partial charge on any atom is -0.508 e. The van der Waals surface area contributed by atoms with Crippen LogP contribution in [0.3, 0.4) is 0 Å². The second-order valence-corrected chi connectivity index (χ2v) is 6.17. The molecule has 3 rings (SSSR count). The minimum atomic E-state index is -0.588. The third-order valence-corrected chi connectivity index (χ3v) is 4.04. The van der Waals surface area contributed by atoms with Gasteiger partial charge in [0, 0.05) is 17.2 Å². The van der Waals surface area contributed by atoms with E-state index in [-0.39, 0.29) is 28.5 Å². The van der Waals surface area contributed by atoms with E-state index in [1.54, 1.807) is 30.3 Å². The molecule has 0 spiro atoms. The first-order chi connectivity index (χ1) is 13.9. The Hall–Kier alpha value is -3.91. The number of nitro groups is 1. The number of ether oxygens (including phenoxy) is 1. The van der Waals surface area contributed by atoms with Gasteiger partial charge >= 0.3 is 5.69 Å². The van der Waals surface area contributed by atoms with Gasteiger partial charge in [0.1, 0.15) is 11.5 Å².